The fraction of sp³-hybridized carbons (Fsp3) is 0.875. The molecule has 0 aromatic carbocycles. The third-order valence-electron chi connectivity index (χ3n) is 2.00. The Hall–Kier alpha value is -0.690. The number of aliphatic hydroxyl groups is 3. The van der Waals surface area contributed by atoms with Gasteiger partial charge in [0.25, 0.3) is 0 Å². The van der Waals surface area contributed by atoms with Crippen LogP contribution in [0.25, 0.3) is 0 Å². The van der Waals surface area contributed by atoms with Crippen molar-refractivity contribution in [3.05, 3.63) is 0 Å². The van der Waals surface area contributed by atoms with Crippen LogP contribution in [0.3, 0.4) is 0 Å². The van der Waals surface area contributed by atoms with E-state index in [9.17, 15) is 15.0 Å². The first-order valence-electron chi connectivity index (χ1n) is 4.33. The molecular formula is C8H14O6. The van der Waals surface area contributed by atoms with Crippen LogP contribution in [-0.2, 0) is 14.3 Å². The van der Waals surface area contributed by atoms with E-state index >= 15 is 0 Å². The van der Waals surface area contributed by atoms with Gasteiger partial charge in [0.05, 0.1) is 6.10 Å². The quantitative estimate of drug-likeness (QED) is 0.470. The maximum atomic E-state index is 10.5. The molecule has 1 fully saturated rings. The summed E-state index contributed by atoms with van der Waals surface area (Å²) in [6, 6.07) is 0. The third kappa shape index (κ3) is 2.91. The average molecular weight is 206 g/mol. The van der Waals surface area contributed by atoms with Crippen molar-refractivity contribution in [3.63, 3.8) is 0 Å². The molecule has 0 aliphatic carbocycles. The number of hydrogen-bond acceptors (Lipinski definition) is 6. The van der Waals surface area contributed by atoms with Gasteiger partial charge in [-0.1, -0.05) is 0 Å². The van der Waals surface area contributed by atoms with Crippen LogP contribution in [0.2, 0.25) is 0 Å². The van der Waals surface area contributed by atoms with E-state index in [2.05, 4.69) is 4.74 Å². The predicted molar refractivity (Wildman–Crippen MR) is 44.1 cm³/mol. The van der Waals surface area contributed by atoms with Gasteiger partial charge in [-0.05, 0) is 0 Å². The molecule has 0 aromatic heterocycles. The molecule has 1 rings (SSSR count). The number of rotatable bonds is 2. The molecule has 0 bridgehead atoms. The standard InChI is InChI=1S/C8H14O6/c1-4(9)13-3-6-8(12)5(10)2-7(11)14-6/h5-8,10-12H,2-3H2,1H3. The number of ether oxygens (including phenoxy) is 2. The number of carbonyl (C=O) groups excluding carboxylic acids is 1. The van der Waals surface area contributed by atoms with Crippen molar-refractivity contribution in [2.24, 2.45) is 0 Å². The number of esters is 1. The SMILES string of the molecule is CC(=O)OCC1OC(O)CC(O)C1O. The second kappa shape index (κ2) is 4.70. The first kappa shape index (κ1) is 11.4. The minimum Gasteiger partial charge on any atom is -0.463 e. The van der Waals surface area contributed by atoms with Crippen LogP contribution in [0.15, 0.2) is 0 Å². The molecule has 0 radical (unpaired) electrons. The van der Waals surface area contributed by atoms with Gasteiger partial charge in [0.15, 0.2) is 6.29 Å². The molecule has 4 unspecified atom stereocenters. The Morgan fingerprint density at radius 1 is 1.50 bits per heavy atom. The van der Waals surface area contributed by atoms with E-state index in [1.165, 1.54) is 6.92 Å². The minimum absolute atomic E-state index is 0.0439. The van der Waals surface area contributed by atoms with Crippen LogP contribution in [0.4, 0.5) is 0 Å². The van der Waals surface area contributed by atoms with Gasteiger partial charge in [-0.15, -0.1) is 0 Å². The molecule has 1 aliphatic rings. The van der Waals surface area contributed by atoms with E-state index in [4.69, 9.17) is 9.84 Å². The predicted octanol–water partition coefficient (Wildman–Crippen LogP) is -1.62. The Morgan fingerprint density at radius 3 is 2.71 bits per heavy atom. The summed E-state index contributed by atoms with van der Waals surface area (Å²) in [5.74, 6) is -0.504. The second-order valence-corrected chi connectivity index (χ2v) is 3.23. The summed E-state index contributed by atoms with van der Waals surface area (Å²) < 4.78 is 9.49. The minimum atomic E-state index is -1.14. The van der Waals surface area contributed by atoms with Crippen LogP contribution in [0, 0.1) is 0 Å². The van der Waals surface area contributed by atoms with Gasteiger partial charge < -0.3 is 24.8 Å². The van der Waals surface area contributed by atoms with E-state index in [0.717, 1.165) is 0 Å². The zero-order chi connectivity index (χ0) is 10.7. The van der Waals surface area contributed by atoms with Crippen molar-refractivity contribution in [3.8, 4) is 0 Å². The van der Waals surface area contributed by atoms with Crippen LogP contribution >= 0.6 is 0 Å². The van der Waals surface area contributed by atoms with Gasteiger partial charge in [0.2, 0.25) is 0 Å². The van der Waals surface area contributed by atoms with Crippen molar-refractivity contribution in [1.29, 1.82) is 0 Å². The van der Waals surface area contributed by atoms with E-state index in [0.29, 0.717) is 0 Å². The second-order valence-electron chi connectivity index (χ2n) is 3.23. The van der Waals surface area contributed by atoms with Gasteiger partial charge in [-0.2, -0.15) is 0 Å². The zero-order valence-electron chi connectivity index (χ0n) is 7.79. The highest BCUT2D eigenvalue weighted by Gasteiger charge is 2.36. The van der Waals surface area contributed by atoms with Crippen molar-refractivity contribution >= 4 is 5.97 Å². The van der Waals surface area contributed by atoms with E-state index in [1.54, 1.807) is 0 Å². The normalized spacial score (nSPS) is 38.0. The molecule has 1 heterocycles. The molecule has 0 aromatic rings. The Bertz CT molecular complexity index is 206. The molecule has 0 spiro atoms. The Balaban J connectivity index is 2.45. The first-order chi connectivity index (χ1) is 6.50. The Morgan fingerprint density at radius 2 is 2.14 bits per heavy atom. The number of carbonyl (C=O) groups is 1. The third-order valence-corrected chi connectivity index (χ3v) is 2.00. The smallest absolute Gasteiger partial charge is 0.302 e. The highest BCUT2D eigenvalue weighted by Crippen LogP contribution is 2.19. The summed E-state index contributed by atoms with van der Waals surface area (Å²) in [7, 11) is 0. The molecular weight excluding hydrogens is 192 g/mol. The van der Waals surface area contributed by atoms with Crippen molar-refractivity contribution < 1.29 is 29.6 Å². The van der Waals surface area contributed by atoms with Crippen LogP contribution in [0.1, 0.15) is 13.3 Å². The summed E-state index contributed by atoms with van der Waals surface area (Å²) in [5.41, 5.74) is 0. The molecule has 6 nitrogen and oxygen atoms in total. The molecule has 3 N–H and O–H groups in total. The summed E-state index contributed by atoms with van der Waals surface area (Å²) in [5, 5.41) is 27.7. The highest BCUT2D eigenvalue weighted by atomic mass is 16.6. The highest BCUT2D eigenvalue weighted by molar-refractivity contribution is 5.65. The van der Waals surface area contributed by atoms with Crippen molar-refractivity contribution in [1.82, 2.24) is 0 Å². The molecule has 82 valence electrons. The van der Waals surface area contributed by atoms with Crippen molar-refractivity contribution in [2.75, 3.05) is 6.61 Å². The van der Waals surface area contributed by atoms with Crippen molar-refractivity contribution in [2.45, 2.75) is 37.9 Å². The lowest BCUT2D eigenvalue weighted by molar-refractivity contribution is -0.241. The molecule has 14 heavy (non-hydrogen) atoms. The lowest BCUT2D eigenvalue weighted by Gasteiger charge is -2.34. The number of aliphatic hydroxyl groups excluding tert-OH is 3. The monoisotopic (exact) mass is 206 g/mol. The lowest BCUT2D eigenvalue weighted by atomic mass is 10.0. The number of hydrogen-bond donors (Lipinski definition) is 3. The summed E-state index contributed by atoms with van der Waals surface area (Å²) >= 11 is 0. The molecule has 6 heteroatoms. The molecule has 0 saturated carbocycles. The maximum absolute atomic E-state index is 10.5. The summed E-state index contributed by atoms with van der Waals surface area (Å²) in [6.07, 6.45) is -4.25. The fourth-order valence-electron chi connectivity index (χ4n) is 1.27. The Kier molecular flexibility index (Phi) is 3.82. The van der Waals surface area contributed by atoms with Gasteiger partial charge in [-0.25, -0.2) is 0 Å². The van der Waals surface area contributed by atoms with Crippen LogP contribution < -0.4 is 0 Å². The average Bonchev–Trinajstić information content (AvgIpc) is 2.08. The largest absolute Gasteiger partial charge is 0.463 e. The molecule has 1 saturated heterocycles. The summed E-state index contributed by atoms with van der Waals surface area (Å²) in [6.45, 7) is 1.05. The maximum Gasteiger partial charge on any atom is 0.302 e. The lowest BCUT2D eigenvalue weighted by Crippen LogP contribution is -2.50. The van der Waals surface area contributed by atoms with Gasteiger partial charge in [0, 0.05) is 13.3 Å². The topological polar surface area (TPSA) is 96.2 Å². The molecule has 0 amide bonds. The molecule has 1 aliphatic heterocycles. The van der Waals surface area contributed by atoms with E-state index in [-0.39, 0.29) is 13.0 Å². The zero-order valence-corrected chi connectivity index (χ0v) is 7.79. The Labute approximate surface area is 81.1 Å². The van der Waals surface area contributed by atoms with E-state index < -0.39 is 30.6 Å². The van der Waals surface area contributed by atoms with Crippen LogP contribution in [0.5, 0.6) is 0 Å². The van der Waals surface area contributed by atoms with Gasteiger partial charge in [-0.3, -0.25) is 4.79 Å². The summed E-state index contributed by atoms with van der Waals surface area (Å²) in [4.78, 5) is 10.5. The van der Waals surface area contributed by atoms with Gasteiger partial charge in [0.1, 0.15) is 18.8 Å². The van der Waals surface area contributed by atoms with E-state index in [1.807, 2.05) is 0 Å². The molecule has 4 atom stereocenters. The fourth-order valence-corrected chi connectivity index (χ4v) is 1.27. The van der Waals surface area contributed by atoms with Crippen LogP contribution in [-0.4, -0.2) is 52.5 Å². The first-order valence-corrected chi connectivity index (χ1v) is 4.33. The van der Waals surface area contributed by atoms with Gasteiger partial charge >= 0.3 is 5.97 Å².